The summed E-state index contributed by atoms with van der Waals surface area (Å²) in [5.41, 5.74) is 0.618. The van der Waals surface area contributed by atoms with Gasteiger partial charge in [-0.15, -0.1) is 0 Å². The molecule has 14 heavy (non-hydrogen) atoms. The van der Waals surface area contributed by atoms with Gasteiger partial charge >= 0.3 is 0 Å². The first-order chi connectivity index (χ1) is 6.69. The highest BCUT2D eigenvalue weighted by Crippen LogP contribution is 2.44. The van der Waals surface area contributed by atoms with E-state index in [-0.39, 0.29) is 0 Å². The standard InChI is InChI=1S/C13H25N/c1-4-13-8-5-6-10-14(13)12(7-9-13)11(2)3/h11-12H,4-10H2,1-3H3. The normalized spacial score (nSPS) is 39.0. The fourth-order valence-electron chi connectivity index (χ4n) is 3.73. The highest BCUT2D eigenvalue weighted by Gasteiger charge is 2.46. The zero-order chi connectivity index (χ0) is 10.2. The molecular formula is C13H25N. The van der Waals surface area contributed by atoms with Crippen molar-refractivity contribution in [3.05, 3.63) is 0 Å². The van der Waals surface area contributed by atoms with Gasteiger partial charge < -0.3 is 0 Å². The molecule has 0 aromatic rings. The van der Waals surface area contributed by atoms with E-state index in [2.05, 4.69) is 25.7 Å². The van der Waals surface area contributed by atoms with Gasteiger partial charge in [0.1, 0.15) is 0 Å². The summed E-state index contributed by atoms with van der Waals surface area (Å²) in [6, 6.07) is 0.884. The van der Waals surface area contributed by atoms with Gasteiger partial charge in [0, 0.05) is 11.6 Å². The number of piperidine rings is 1. The van der Waals surface area contributed by atoms with E-state index in [9.17, 15) is 0 Å². The molecule has 2 saturated heterocycles. The Labute approximate surface area is 88.9 Å². The van der Waals surface area contributed by atoms with Gasteiger partial charge in [0.2, 0.25) is 0 Å². The fraction of sp³-hybridized carbons (Fsp3) is 1.00. The summed E-state index contributed by atoms with van der Waals surface area (Å²) >= 11 is 0. The van der Waals surface area contributed by atoms with Crippen LogP contribution < -0.4 is 0 Å². The van der Waals surface area contributed by atoms with Gasteiger partial charge in [0.15, 0.2) is 0 Å². The van der Waals surface area contributed by atoms with Gasteiger partial charge in [-0.3, -0.25) is 4.90 Å². The molecule has 0 radical (unpaired) electrons. The summed E-state index contributed by atoms with van der Waals surface area (Å²) in [7, 11) is 0. The predicted molar refractivity (Wildman–Crippen MR) is 61.4 cm³/mol. The Morgan fingerprint density at radius 3 is 2.71 bits per heavy atom. The van der Waals surface area contributed by atoms with Crippen molar-refractivity contribution in [2.24, 2.45) is 5.92 Å². The van der Waals surface area contributed by atoms with Gasteiger partial charge in [0.25, 0.3) is 0 Å². The second-order valence-electron chi connectivity index (χ2n) is 5.58. The summed E-state index contributed by atoms with van der Waals surface area (Å²) in [6.45, 7) is 8.55. The summed E-state index contributed by atoms with van der Waals surface area (Å²) in [5.74, 6) is 0.849. The SMILES string of the molecule is CCC12CCCCN1C(C(C)C)CC2. The molecule has 0 aliphatic carbocycles. The summed E-state index contributed by atoms with van der Waals surface area (Å²) in [6.07, 6.45) is 8.65. The van der Waals surface area contributed by atoms with E-state index < -0.39 is 0 Å². The van der Waals surface area contributed by atoms with Crippen molar-refractivity contribution in [3.8, 4) is 0 Å². The molecule has 2 aliphatic heterocycles. The fourth-order valence-corrected chi connectivity index (χ4v) is 3.73. The largest absolute Gasteiger partial charge is 0.294 e. The van der Waals surface area contributed by atoms with E-state index in [0.29, 0.717) is 5.54 Å². The second-order valence-corrected chi connectivity index (χ2v) is 5.58. The third kappa shape index (κ3) is 1.50. The Kier molecular flexibility index (Phi) is 2.88. The Bertz CT molecular complexity index is 199. The molecule has 2 fully saturated rings. The van der Waals surface area contributed by atoms with Crippen LogP contribution in [-0.4, -0.2) is 23.0 Å². The zero-order valence-electron chi connectivity index (χ0n) is 10.1. The molecule has 0 aromatic carbocycles. The average molecular weight is 195 g/mol. The molecule has 0 N–H and O–H groups in total. The lowest BCUT2D eigenvalue weighted by Crippen LogP contribution is -2.51. The molecule has 0 spiro atoms. The van der Waals surface area contributed by atoms with Crippen molar-refractivity contribution in [2.75, 3.05) is 6.54 Å². The molecule has 0 saturated carbocycles. The first-order valence-electron chi connectivity index (χ1n) is 6.46. The van der Waals surface area contributed by atoms with Gasteiger partial charge in [-0.25, -0.2) is 0 Å². The number of rotatable bonds is 2. The van der Waals surface area contributed by atoms with Crippen molar-refractivity contribution in [1.29, 1.82) is 0 Å². The van der Waals surface area contributed by atoms with Crippen LogP contribution >= 0.6 is 0 Å². The average Bonchev–Trinajstić information content (AvgIpc) is 2.57. The van der Waals surface area contributed by atoms with E-state index in [0.717, 1.165) is 12.0 Å². The minimum atomic E-state index is 0.618. The maximum atomic E-state index is 2.86. The van der Waals surface area contributed by atoms with Crippen molar-refractivity contribution >= 4 is 0 Å². The van der Waals surface area contributed by atoms with Gasteiger partial charge in [-0.1, -0.05) is 27.2 Å². The second kappa shape index (κ2) is 3.84. The maximum absolute atomic E-state index is 2.86. The monoisotopic (exact) mass is 195 g/mol. The van der Waals surface area contributed by atoms with Crippen LogP contribution in [0.1, 0.15) is 59.3 Å². The molecular weight excluding hydrogens is 170 g/mol. The molecule has 0 aromatic heterocycles. The van der Waals surface area contributed by atoms with Crippen LogP contribution in [0.5, 0.6) is 0 Å². The highest BCUT2D eigenvalue weighted by molar-refractivity contribution is 5.02. The van der Waals surface area contributed by atoms with Gasteiger partial charge in [-0.2, -0.15) is 0 Å². The van der Waals surface area contributed by atoms with Gasteiger partial charge in [0.05, 0.1) is 0 Å². The van der Waals surface area contributed by atoms with Crippen LogP contribution in [0.2, 0.25) is 0 Å². The van der Waals surface area contributed by atoms with Crippen molar-refractivity contribution < 1.29 is 0 Å². The molecule has 1 heteroatoms. The van der Waals surface area contributed by atoms with E-state index >= 15 is 0 Å². The first-order valence-corrected chi connectivity index (χ1v) is 6.46. The van der Waals surface area contributed by atoms with Crippen LogP contribution in [0, 0.1) is 5.92 Å². The van der Waals surface area contributed by atoms with Crippen LogP contribution in [0.3, 0.4) is 0 Å². The quantitative estimate of drug-likeness (QED) is 0.652. The van der Waals surface area contributed by atoms with E-state index in [1.54, 1.807) is 0 Å². The molecule has 2 aliphatic rings. The molecule has 2 atom stereocenters. The molecule has 2 unspecified atom stereocenters. The summed E-state index contributed by atoms with van der Waals surface area (Å²) in [5, 5.41) is 0. The van der Waals surface area contributed by atoms with Crippen molar-refractivity contribution in [3.63, 3.8) is 0 Å². The smallest absolute Gasteiger partial charge is 0.0210 e. The van der Waals surface area contributed by atoms with Crippen LogP contribution in [0.4, 0.5) is 0 Å². The van der Waals surface area contributed by atoms with E-state index in [1.165, 1.54) is 45.1 Å². The molecule has 0 bridgehead atoms. The van der Waals surface area contributed by atoms with E-state index in [1.807, 2.05) is 0 Å². The van der Waals surface area contributed by atoms with Crippen LogP contribution in [-0.2, 0) is 0 Å². The minimum absolute atomic E-state index is 0.618. The van der Waals surface area contributed by atoms with Crippen LogP contribution in [0.25, 0.3) is 0 Å². The molecule has 1 nitrogen and oxygen atoms in total. The highest BCUT2D eigenvalue weighted by atomic mass is 15.3. The summed E-state index contributed by atoms with van der Waals surface area (Å²) in [4.78, 5) is 2.86. The van der Waals surface area contributed by atoms with Crippen molar-refractivity contribution in [1.82, 2.24) is 4.90 Å². The summed E-state index contributed by atoms with van der Waals surface area (Å²) < 4.78 is 0. The lowest BCUT2D eigenvalue weighted by Gasteiger charge is -2.45. The number of nitrogens with zero attached hydrogens (tertiary/aromatic N) is 1. The number of fused-ring (bicyclic) bond motifs is 1. The van der Waals surface area contributed by atoms with E-state index in [4.69, 9.17) is 0 Å². The lowest BCUT2D eigenvalue weighted by molar-refractivity contribution is 0.0397. The maximum Gasteiger partial charge on any atom is 0.0210 e. The van der Waals surface area contributed by atoms with Crippen LogP contribution in [0.15, 0.2) is 0 Å². The van der Waals surface area contributed by atoms with Crippen molar-refractivity contribution in [2.45, 2.75) is 70.9 Å². The molecule has 0 amide bonds. The Morgan fingerprint density at radius 2 is 2.07 bits per heavy atom. The number of hydrogen-bond acceptors (Lipinski definition) is 1. The minimum Gasteiger partial charge on any atom is -0.294 e. The Morgan fingerprint density at radius 1 is 1.29 bits per heavy atom. The third-order valence-corrected chi connectivity index (χ3v) is 4.63. The lowest BCUT2D eigenvalue weighted by atomic mass is 9.84. The zero-order valence-corrected chi connectivity index (χ0v) is 10.1. The Hall–Kier alpha value is -0.0400. The Balaban J connectivity index is 2.15. The van der Waals surface area contributed by atoms with Gasteiger partial charge in [-0.05, 0) is 44.6 Å². The molecule has 2 heterocycles. The predicted octanol–water partition coefficient (Wildman–Crippen LogP) is 3.44. The topological polar surface area (TPSA) is 3.24 Å². The number of hydrogen-bond donors (Lipinski definition) is 0. The molecule has 82 valence electrons. The first kappa shape index (κ1) is 10.5. The third-order valence-electron chi connectivity index (χ3n) is 4.63. The molecule has 2 rings (SSSR count).